The van der Waals surface area contributed by atoms with Crippen LogP contribution in [0.1, 0.15) is 29.9 Å². The molecule has 0 aliphatic carbocycles. The van der Waals surface area contributed by atoms with Gasteiger partial charge in [0.15, 0.2) is 11.6 Å². The molecule has 0 radical (unpaired) electrons. The van der Waals surface area contributed by atoms with Crippen LogP contribution in [0.3, 0.4) is 0 Å². The number of aromatic nitrogens is 3. The minimum atomic E-state index is -4.21. The lowest BCUT2D eigenvalue weighted by Crippen LogP contribution is -2.09. The molecule has 0 aliphatic rings. The summed E-state index contributed by atoms with van der Waals surface area (Å²) in [6.45, 7) is 0. The molecule has 0 unspecified atom stereocenters. The minimum absolute atomic E-state index is 0.00664. The van der Waals surface area contributed by atoms with Gasteiger partial charge in [-0.05, 0) is 6.42 Å². The number of nitrogens with zero attached hydrogens (tertiary/aromatic N) is 2. The number of H-pyrrole nitrogens is 1. The van der Waals surface area contributed by atoms with Crippen LogP contribution < -0.4 is 0 Å². The van der Waals surface area contributed by atoms with Crippen LogP contribution in [0.15, 0.2) is 6.33 Å². The SMILES string of the molecule is O=C(CCCC(F)(F)F)c1ncn[nH]1. The van der Waals surface area contributed by atoms with Crippen molar-refractivity contribution in [3.05, 3.63) is 12.2 Å². The van der Waals surface area contributed by atoms with E-state index in [2.05, 4.69) is 15.2 Å². The highest BCUT2D eigenvalue weighted by atomic mass is 19.4. The van der Waals surface area contributed by atoms with E-state index in [1.54, 1.807) is 0 Å². The smallest absolute Gasteiger partial charge is 0.291 e. The lowest BCUT2D eigenvalue weighted by molar-refractivity contribution is -0.135. The Balaban J connectivity index is 2.30. The zero-order chi connectivity index (χ0) is 10.6. The first-order valence-corrected chi connectivity index (χ1v) is 3.94. The molecule has 0 fully saturated rings. The third-order valence-electron chi connectivity index (χ3n) is 1.54. The number of hydrogen-bond acceptors (Lipinski definition) is 3. The highest BCUT2D eigenvalue weighted by Crippen LogP contribution is 2.22. The lowest BCUT2D eigenvalue weighted by Gasteiger charge is -2.03. The third-order valence-corrected chi connectivity index (χ3v) is 1.54. The number of hydrogen-bond donors (Lipinski definition) is 1. The Kier molecular flexibility index (Phi) is 3.21. The second kappa shape index (κ2) is 4.21. The third kappa shape index (κ3) is 3.55. The summed E-state index contributed by atoms with van der Waals surface area (Å²) in [6, 6.07) is 0. The Hall–Kier alpha value is -1.40. The van der Waals surface area contributed by atoms with Gasteiger partial charge >= 0.3 is 6.18 Å². The number of ketones is 1. The number of nitrogens with one attached hydrogen (secondary N) is 1. The van der Waals surface area contributed by atoms with Crippen LogP contribution in [0, 0.1) is 0 Å². The molecule has 7 heteroatoms. The van der Waals surface area contributed by atoms with Crippen molar-refractivity contribution in [3.63, 3.8) is 0 Å². The second-order valence-corrected chi connectivity index (χ2v) is 2.73. The first-order chi connectivity index (χ1) is 6.49. The quantitative estimate of drug-likeness (QED) is 0.764. The minimum Gasteiger partial charge on any atom is -0.291 e. The number of rotatable bonds is 4. The van der Waals surface area contributed by atoms with Crippen LogP contribution in [0.4, 0.5) is 13.2 Å². The fraction of sp³-hybridized carbons (Fsp3) is 0.571. The first kappa shape index (κ1) is 10.7. The molecule has 0 aromatic carbocycles. The molecule has 0 amide bonds. The van der Waals surface area contributed by atoms with E-state index in [0.29, 0.717) is 0 Å². The van der Waals surface area contributed by atoms with Gasteiger partial charge in [-0.3, -0.25) is 9.89 Å². The molecule has 0 atom stereocenters. The van der Waals surface area contributed by atoms with Gasteiger partial charge in [-0.2, -0.15) is 18.3 Å². The second-order valence-electron chi connectivity index (χ2n) is 2.73. The lowest BCUT2D eigenvalue weighted by atomic mass is 10.1. The largest absolute Gasteiger partial charge is 0.389 e. The number of Topliss-reactive ketones (excluding diaryl/α,β-unsaturated/α-hetero) is 1. The molecule has 14 heavy (non-hydrogen) atoms. The van der Waals surface area contributed by atoms with Crippen LogP contribution in [-0.2, 0) is 0 Å². The van der Waals surface area contributed by atoms with E-state index in [1.165, 1.54) is 0 Å². The van der Waals surface area contributed by atoms with Crippen molar-refractivity contribution < 1.29 is 18.0 Å². The molecule has 0 saturated carbocycles. The molecule has 1 rings (SSSR count). The summed E-state index contributed by atoms with van der Waals surface area (Å²) in [7, 11) is 0. The molecule has 78 valence electrons. The van der Waals surface area contributed by atoms with Crippen LogP contribution in [0.5, 0.6) is 0 Å². The molecular formula is C7H8F3N3O. The van der Waals surface area contributed by atoms with Crippen molar-refractivity contribution >= 4 is 5.78 Å². The van der Waals surface area contributed by atoms with Gasteiger partial charge in [0.2, 0.25) is 0 Å². The van der Waals surface area contributed by atoms with Crippen molar-refractivity contribution in [2.45, 2.75) is 25.4 Å². The van der Waals surface area contributed by atoms with Gasteiger partial charge in [0.05, 0.1) is 0 Å². The normalized spacial score (nSPS) is 11.6. The predicted molar refractivity (Wildman–Crippen MR) is 40.6 cm³/mol. The predicted octanol–water partition coefficient (Wildman–Crippen LogP) is 1.72. The molecule has 1 heterocycles. The topological polar surface area (TPSA) is 58.6 Å². The monoisotopic (exact) mass is 207 g/mol. The summed E-state index contributed by atoms with van der Waals surface area (Å²) in [5, 5.41) is 5.71. The van der Waals surface area contributed by atoms with Crippen molar-refractivity contribution in [3.8, 4) is 0 Å². The zero-order valence-electron chi connectivity index (χ0n) is 7.14. The van der Waals surface area contributed by atoms with Crippen molar-refractivity contribution in [1.82, 2.24) is 15.2 Å². The summed E-state index contributed by atoms with van der Waals surface area (Å²) in [6.07, 6.45) is -4.41. The summed E-state index contributed by atoms with van der Waals surface area (Å²) < 4.78 is 35.1. The van der Waals surface area contributed by atoms with Gasteiger partial charge in [0.25, 0.3) is 0 Å². The Morgan fingerprint density at radius 2 is 2.21 bits per heavy atom. The number of aromatic amines is 1. The summed E-state index contributed by atoms with van der Waals surface area (Å²) in [4.78, 5) is 14.6. The van der Waals surface area contributed by atoms with Gasteiger partial charge < -0.3 is 0 Å². The average Bonchev–Trinajstić information content (AvgIpc) is 2.53. The number of alkyl halides is 3. The van der Waals surface area contributed by atoms with E-state index >= 15 is 0 Å². The maximum Gasteiger partial charge on any atom is 0.389 e. The van der Waals surface area contributed by atoms with Crippen LogP contribution in [0.25, 0.3) is 0 Å². The number of carbonyl (C=O) groups is 1. The first-order valence-electron chi connectivity index (χ1n) is 3.94. The van der Waals surface area contributed by atoms with Gasteiger partial charge in [-0.1, -0.05) is 0 Å². The number of halogens is 3. The molecule has 1 aromatic heterocycles. The van der Waals surface area contributed by atoms with Crippen molar-refractivity contribution in [2.75, 3.05) is 0 Å². The van der Waals surface area contributed by atoms with Crippen molar-refractivity contribution in [2.24, 2.45) is 0 Å². The summed E-state index contributed by atoms with van der Waals surface area (Å²) in [5.41, 5.74) is 0. The molecule has 4 nitrogen and oxygen atoms in total. The highest BCUT2D eigenvalue weighted by molar-refractivity contribution is 5.92. The van der Waals surface area contributed by atoms with Crippen LogP contribution >= 0.6 is 0 Å². The van der Waals surface area contributed by atoms with Crippen LogP contribution in [0.2, 0.25) is 0 Å². The maximum absolute atomic E-state index is 11.7. The summed E-state index contributed by atoms with van der Waals surface area (Å²) in [5.74, 6) is -0.445. The maximum atomic E-state index is 11.7. The van der Waals surface area contributed by atoms with E-state index in [0.717, 1.165) is 6.33 Å². The Bertz CT molecular complexity index is 294. The average molecular weight is 207 g/mol. The number of carbonyl (C=O) groups excluding carboxylic acids is 1. The van der Waals surface area contributed by atoms with E-state index < -0.39 is 18.4 Å². The molecule has 1 N–H and O–H groups in total. The van der Waals surface area contributed by atoms with E-state index in [-0.39, 0.29) is 18.7 Å². The van der Waals surface area contributed by atoms with Gasteiger partial charge in [0, 0.05) is 12.8 Å². The molecule has 0 bridgehead atoms. The molecule has 0 aliphatic heterocycles. The van der Waals surface area contributed by atoms with Crippen molar-refractivity contribution in [1.29, 1.82) is 0 Å². The van der Waals surface area contributed by atoms with E-state index in [9.17, 15) is 18.0 Å². The Morgan fingerprint density at radius 3 is 2.71 bits per heavy atom. The molecule has 0 saturated heterocycles. The standard InChI is InChI=1S/C7H8F3N3O/c8-7(9,10)3-1-2-5(14)6-11-4-12-13-6/h4H,1-3H2,(H,11,12,13). The van der Waals surface area contributed by atoms with Gasteiger partial charge in [-0.25, -0.2) is 4.98 Å². The molecule has 1 aromatic rings. The zero-order valence-corrected chi connectivity index (χ0v) is 7.14. The van der Waals surface area contributed by atoms with E-state index in [4.69, 9.17) is 0 Å². The Labute approximate surface area is 77.5 Å². The van der Waals surface area contributed by atoms with Gasteiger partial charge in [-0.15, -0.1) is 0 Å². The summed E-state index contributed by atoms with van der Waals surface area (Å²) >= 11 is 0. The fourth-order valence-corrected chi connectivity index (χ4v) is 0.908. The van der Waals surface area contributed by atoms with E-state index in [1.807, 2.05) is 0 Å². The molecule has 0 spiro atoms. The highest BCUT2D eigenvalue weighted by Gasteiger charge is 2.26. The Morgan fingerprint density at radius 1 is 1.50 bits per heavy atom. The van der Waals surface area contributed by atoms with Gasteiger partial charge in [0.1, 0.15) is 6.33 Å². The fourth-order valence-electron chi connectivity index (χ4n) is 0.908. The van der Waals surface area contributed by atoms with Crippen LogP contribution in [-0.4, -0.2) is 27.1 Å². The molecular weight excluding hydrogens is 199 g/mol.